The number of hydrogen-bond acceptors (Lipinski definition) is 4. The minimum Gasteiger partial charge on any atom is -0.615 e. The molecule has 0 N–H and O–H groups in total. The van der Waals surface area contributed by atoms with Gasteiger partial charge >= 0.3 is 17.8 Å². The van der Waals surface area contributed by atoms with Crippen LogP contribution in [0.5, 0.6) is 5.88 Å². The number of halogens is 5. The second kappa shape index (κ2) is 7.66. The summed E-state index contributed by atoms with van der Waals surface area (Å²) in [7, 11) is 0.991. The second-order valence-corrected chi connectivity index (χ2v) is 6.57. The Labute approximate surface area is 147 Å². The number of aromatic nitrogens is 3. The minimum absolute atomic E-state index is 0.256. The van der Waals surface area contributed by atoms with Crippen molar-refractivity contribution in [2.45, 2.75) is 36.9 Å². The van der Waals surface area contributed by atoms with Gasteiger partial charge in [0.15, 0.2) is 11.9 Å². The maximum absolute atomic E-state index is 13.1. The summed E-state index contributed by atoms with van der Waals surface area (Å²) in [5, 5.41) is 14.7. The number of alkyl halides is 5. The van der Waals surface area contributed by atoms with Crippen molar-refractivity contribution < 1.29 is 36.0 Å². The lowest BCUT2D eigenvalue weighted by atomic mass is 10.2. The topological polar surface area (TPSA) is 77.0 Å². The average molecular weight is 399 g/mol. The van der Waals surface area contributed by atoms with E-state index in [1.807, 2.05) is 0 Å². The summed E-state index contributed by atoms with van der Waals surface area (Å²) in [6.07, 6.45) is -3.39. The van der Waals surface area contributed by atoms with Crippen LogP contribution in [0, 0.1) is 5.21 Å². The molecular formula is C14H14F5N3O3S. The van der Waals surface area contributed by atoms with Crippen molar-refractivity contribution in [2.75, 3.05) is 0 Å². The number of ether oxygens (including phenoxy) is 1. The lowest BCUT2D eigenvalue weighted by Gasteiger charge is -2.13. The molecule has 0 aliphatic heterocycles. The standard InChI is InChI=1S/C14H14F5N3O3S/c1-3-8-4-5-22(23)10(6-8)26(24)7-9-11(14(17,18)19)20-21(2)12(9)25-13(15)16/h4-6,13H,3,7H2,1-2H3. The highest BCUT2D eigenvalue weighted by Gasteiger charge is 2.42. The SMILES string of the molecule is CCc1cc[n+]([O-])c([S+]([O-])Cc2c(C(F)(F)F)nn(C)c2OC(F)F)c1. The highest BCUT2D eigenvalue weighted by Crippen LogP contribution is 2.37. The van der Waals surface area contributed by atoms with Gasteiger partial charge in [0.25, 0.3) is 0 Å². The fourth-order valence-electron chi connectivity index (χ4n) is 2.24. The summed E-state index contributed by atoms with van der Waals surface area (Å²) in [4.78, 5) is 0. The summed E-state index contributed by atoms with van der Waals surface area (Å²) >= 11 is -2.24. The van der Waals surface area contributed by atoms with Crippen molar-refractivity contribution in [3.63, 3.8) is 0 Å². The Bertz CT molecular complexity index is 782. The Morgan fingerprint density at radius 1 is 1.38 bits per heavy atom. The summed E-state index contributed by atoms with van der Waals surface area (Å²) in [5.41, 5.74) is -1.65. The Morgan fingerprint density at radius 2 is 2.04 bits per heavy atom. The molecular weight excluding hydrogens is 385 g/mol. The van der Waals surface area contributed by atoms with Gasteiger partial charge in [-0.1, -0.05) is 6.92 Å². The first-order chi connectivity index (χ1) is 12.0. The van der Waals surface area contributed by atoms with Crippen molar-refractivity contribution in [3.05, 3.63) is 40.4 Å². The third kappa shape index (κ3) is 4.36. The molecule has 0 aromatic carbocycles. The van der Waals surface area contributed by atoms with E-state index in [1.54, 1.807) is 6.92 Å². The van der Waals surface area contributed by atoms with Gasteiger partial charge in [0, 0.05) is 13.1 Å². The molecule has 0 spiro atoms. The van der Waals surface area contributed by atoms with Gasteiger partial charge in [0.2, 0.25) is 5.88 Å². The Morgan fingerprint density at radius 3 is 2.58 bits per heavy atom. The van der Waals surface area contributed by atoms with E-state index in [-0.39, 0.29) is 9.76 Å². The lowest BCUT2D eigenvalue weighted by Crippen LogP contribution is -2.34. The van der Waals surface area contributed by atoms with Crippen LogP contribution in [-0.4, -0.2) is 20.9 Å². The van der Waals surface area contributed by atoms with Crippen LogP contribution in [0.4, 0.5) is 22.0 Å². The summed E-state index contributed by atoms with van der Waals surface area (Å²) < 4.78 is 81.8. The molecule has 12 heteroatoms. The average Bonchev–Trinajstić information content (AvgIpc) is 2.84. The first-order valence-electron chi connectivity index (χ1n) is 7.23. The van der Waals surface area contributed by atoms with E-state index in [4.69, 9.17) is 0 Å². The number of nitrogens with zero attached hydrogens (tertiary/aromatic N) is 3. The van der Waals surface area contributed by atoms with Gasteiger partial charge in [0.05, 0.1) is 22.8 Å². The van der Waals surface area contributed by atoms with Crippen LogP contribution in [0.15, 0.2) is 23.4 Å². The van der Waals surface area contributed by atoms with Crippen LogP contribution >= 0.6 is 0 Å². The first-order valence-corrected chi connectivity index (χ1v) is 8.54. The van der Waals surface area contributed by atoms with Crippen LogP contribution in [-0.2, 0) is 36.6 Å². The van der Waals surface area contributed by atoms with Crippen LogP contribution in [0.1, 0.15) is 23.7 Å². The molecule has 0 aliphatic carbocycles. The van der Waals surface area contributed by atoms with Gasteiger partial charge in [-0.25, -0.2) is 4.68 Å². The number of pyridine rings is 1. The van der Waals surface area contributed by atoms with Gasteiger partial charge in [-0.3, -0.25) is 0 Å². The molecule has 2 aromatic rings. The molecule has 0 fully saturated rings. The predicted molar refractivity (Wildman–Crippen MR) is 79.7 cm³/mol. The van der Waals surface area contributed by atoms with Gasteiger partial charge < -0.3 is 14.5 Å². The van der Waals surface area contributed by atoms with E-state index >= 15 is 0 Å². The third-order valence-electron chi connectivity index (χ3n) is 3.42. The minimum atomic E-state index is -4.97. The van der Waals surface area contributed by atoms with E-state index < -0.39 is 46.9 Å². The quantitative estimate of drug-likeness (QED) is 0.324. The zero-order chi connectivity index (χ0) is 19.6. The monoisotopic (exact) mass is 399 g/mol. The normalized spacial score (nSPS) is 13.3. The highest BCUT2D eigenvalue weighted by molar-refractivity contribution is 7.90. The molecule has 0 amide bonds. The third-order valence-corrected chi connectivity index (χ3v) is 4.74. The maximum Gasteiger partial charge on any atom is 0.435 e. The molecule has 0 saturated carbocycles. The molecule has 0 radical (unpaired) electrons. The first kappa shape index (κ1) is 20.2. The van der Waals surface area contributed by atoms with E-state index in [1.165, 1.54) is 12.1 Å². The van der Waals surface area contributed by atoms with E-state index in [0.717, 1.165) is 13.2 Å². The molecule has 0 saturated heterocycles. The van der Waals surface area contributed by atoms with Crippen molar-refractivity contribution in [2.24, 2.45) is 7.05 Å². The zero-order valence-electron chi connectivity index (χ0n) is 13.6. The van der Waals surface area contributed by atoms with Crippen LogP contribution in [0.25, 0.3) is 0 Å². The van der Waals surface area contributed by atoms with Crippen molar-refractivity contribution in [1.82, 2.24) is 9.78 Å². The van der Waals surface area contributed by atoms with Crippen molar-refractivity contribution in [1.29, 1.82) is 0 Å². The Hall–Kier alpha value is -2.08. The Balaban J connectivity index is 2.47. The summed E-state index contributed by atoms with van der Waals surface area (Å²) in [5.74, 6) is -1.72. The summed E-state index contributed by atoms with van der Waals surface area (Å²) in [6.45, 7) is -1.62. The number of hydrogen-bond donors (Lipinski definition) is 0. The predicted octanol–water partition coefficient (Wildman–Crippen LogP) is 2.54. The van der Waals surface area contributed by atoms with Crippen LogP contribution in [0.2, 0.25) is 0 Å². The smallest absolute Gasteiger partial charge is 0.435 e. The molecule has 1 atom stereocenters. The van der Waals surface area contributed by atoms with Gasteiger partial charge in [-0.2, -0.15) is 27.1 Å². The molecule has 2 rings (SSSR count). The van der Waals surface area contributed by atoms with Gasteiger partial charge in [0.1, 0.15) is 5.75 Å². The molecule has 26 heavy (non-hydrogen) atoms. The molecule has 1 unspecified atom stereocenters. The van der Waals surface area contributed by atoms with Crippen LogP contribution < -0.4 is 9.47 Å². The number of rotatable bonds is 6. The molecule has 2 aromatic heterocycles. The van der Waals surface area contributed by atoms with E-state index in [0.29, 0.717) is 16.7 Å². The van der Waals surface area contributed by atoms with Gasteiger partial charge in [-0.15, -0.1) is 4.73 Å². The molecule has 0 bridgehead atoms. The van der Waals surface area contributed by atoms with Crippen molar-refractivity contribution >= 4 is 11.2 Å². The fourth-order valence-corrected chi connectivity index (χ4v) is 3.45. The summed E-state index contributed by atoms with van der Waals surface area (Å²) in [6, 6.07) is 2.77. The molecule has 6 nitrogen and oxygen atoms in total. The largest absolute Gasteiger partial charge is 0.615 e. The highest BCUT2D eigenvalue weighted by atomic mass is 32.2. The maximum atomic E-state index is 13.1. The van der Waals surface area contributed by atoms with Crippen LogP contribution in [0.3, 0.4) is 0 Å². The Kier molecular flexibility index (Phi) is 5.96. The van der Waals surface area contributed by atoms with E-state index in [2.05, 4.69) is 9.84 Å². The fraction of sp³-hybridized carbons (Fsp3) is 0.429. The molecule has 0 aliphatic rings. The van der Waals surface area contributed by atoms with Crippen molar-refractivity contribution in [3.8, 4) is 5.88 Å². The van der Waals surface area contributed by atoms with Gasteiger partial charge in [-0.05, 0) is 12.0 Å². The molecule has 2 heterocycles. The number of aryl methyl sites for hydroxylation is 2. The zero-order valence-corrected chi connectivity index (χ0v) is 14.4. The lowest BCUT2D eigenvalue weighted by molar-refractivity contribution is -0.646. The van der Waals surface area contributed by atoms with E-state index in [9.17, 15) is 31.7 Å². The molecule has 144 valence electrons. The second-order valence-electron chi connectivity index (χ2n) is 5.17.